The van der Waals surface area contributed by atoms with Crippen LogP contribution < -0.4 is 19.5 Å². The number of carbonyl (C=O) groups excluding carboxylic acids is 1. The van der Waals surface area contributed by atoms with E-state index in [1.807, 2.05) is 61.0 Å². The normalized spacial score (nSPS) is 15.8. The maximum atomic E-state index is 14.1. The van der Waals surface area contributed by atoms with Gasteiger partial charge < -0.3 is 29.0 Å². The molecule has 16 heteroatoms. The molecule has 3 aromatic carbocycles. The number of aryl methyl sites for hydroxylation is 1. The van der Waals surface area contributed by atoms with Crippen LogP contribution in [0.3, 0.4) is 0 Å². The van der Waals surface area contributed by atoms with E-state index in [4.69, 9.17) is 25.8 Å². The molecule has 0 aliphatic heterocycles. The van der Waals surface area contributed by atoms with Gasteiger partial charge in [0.05, 0.1) is 31.6 Å². The second-order valence-electron chi connectivity index (χ2n) is 13.4. The number of para-hydroxylation sites is 1. The molecule has 5 aromatic rings. The summed E-state index contributed by atoms with van der Waals surface area (Å²) < 4.78 is 75.5. The largest absolute Gasteiger partial charge is 0.497 e. The quantitative estimate of drug-likeness (QED) is 0.0884. The molecule has 0 spiro atoms. The van der Waals surface area contributed by atoms with Gasteiger partial charge in [-0.05, 0) is 85.9 Å². The Hall–Kier alpha value is -4.70. The van der Waals surface area contributed by atoms with E-state index in [9.17, 15) is 22.0 Å². The van der Waals surface area contributed by atoms with Gasteiger partial charge in [-0.25, -0.2) is 18.2 Å². The van der Waals surface area contributed by atoms with Gasteiger partial charge in [0.1, 0.15) is 21.5 Å². The Morgan fingerprint density at radius 3 is 2.57 bits per heavy atom. The van der Waals surface area contributed by atoms with E-state index in [0.717, 1.165) is 22.5 Å². The number of urea groups is 1. The van der Waals surface area contributed by atoms with Crippen LogP contribution in [0.2, 0.25) is 5.02 Å². The smallest absolute Gasteiger partial charge is 0.387 e. The third-order valence-corrected chi connectivity index (χ3v) is 13.3. The van der Waals surface area contributed by atoms with Crippen molar-refractivity contribution < 1.29 is 36.2 Å². The zero-order chi connectivity index (χ0) is 39.8. The fraction of sp³-hybridized carbons (Fsp3) is 0.350. The van der Waals surface area contributed by atoms with Crippen LogP contribution in [0.25, 0.3) is 0 Å². The zero-order valence-corrected chi connectivity index (χ0v) is 33.6. The van der Waals surface area contributed by atoms with Crippen molar-refractivity contribution in [3.63, 3.8) is 0 Å². The van der Waals surface area contributed by atoms with Gasteiger partial charge in [0.25, 0.3) is 10.0 Å². The van der Waals surface area contributed by atoms with E-state index in [1.54, 1.807) is 60.2 Å². The van der Waals surface area contributed by atoms with Gasteiger partial charge in [0, 0.05) is 54.9 Å². The molecule has 1 saturated carbocycles. The number of carbonyl (C=O) groups is 1. The summed E-state index contributed by atoms with van der Waals surface area (Å²) in [5.41, 5.74) is 2.21. The third kappa shape index (κ3) is 9.99. The number of halogens is 3. The monoisotopic (exact) mass is 827 g/mol. The number of nitrogens with zero attached hydrogens (tertiary/aromatic N) is 4. The number of alkyl halides is 2. The molecule has 11 nitrogen and oxygen atoms in total. The molecular formula is C40H44ClF2N5O6S2. The molecule has 1 aliphatic rings. The number of amides is 2. The molecule has 6 rings (SSSR count). The number of thiophene rings is 1. The molecule has 56 heavy (non-hydrogen) atoms. The second-order valence-corrected chi connectivity index (χ2v) is 16.9. The van der Waals surface area contributed by atoms with E-state index in [0.29, 0.717) is 49.6 Å². The second kappa shape index (κ2) is 18.5. The first-order valence-electron chi connectivity index (χ1n) is 18.2. The summed E-state index contributed by atoms with van der Waals surface area (Å²) in [4.78, 5) is 19.8. The number of aromatic nitrogens is 2. The summed E-state index contributed by atoms with van der Waals surface area (Å²) in [6.07, 6.45) is 6.35. The standard InChI is InChI=1S/C40H44ClF2N5O6S2/c1-4-53-36-10-6-5-9-29(36)25-47(18-8-17-46-19-16-44-26-46)40(49)45-30-21-34(38(35(41)22-30)54-39(42)43)33-23-32(33)27(2)48(56(50,51)37-11-7-20-55-37)24-28-12-14-31(52-3)15-13-28/h5-7,9-16,19-22,26-27,32-33,39H,4,8,17-18,23-25H2,1-3H3,(H,45,49). The van der Waals surface area contributed by atoms with Gasteiger partial charge in [-0.2, -0.15) is 13.1 Å². The van der Waals surface area contributed by atoms with Crippen LogP contribution >= 0.6 is 22.9 Å². The van der Waals surface area contributed by atoms with Crippen LogP contribution in [0.15, 0.2) is 101 Å². The van der Waals surface area contributed by atoms with Crippen molar-refractivity contribution in [2.24, 2.45) is 5.92 Å². The predicted octanol–water partition coefficient (Wildman–Crippen LogP) is 9.11. The highest BCUT2D eigenvalue weighted by Gasteiger charge is 2.48. The molecule has 0 saturated heterocycles. The lowest BCUT2D eigenvalue weighted by molar-refractivity contribution is -0.0504. The summed E-state index contributed by atoms with van der Waals surface area (Å²) in [5.74, 6) is 0.427. The molecule has 2 amide bonds. The summed E-state index contributed by atoms with van der Waals surface area (Å²) in [6.45, 7) is 2.33. The number of sulfonamides is 1. The maximum absolute atomic E-state index is 14.1. The number of ether oxygens (including phenoxy) is 3. The highest BCUT2D eigenvalue weighted by atomic mass is 35.5. The average molecular weight is 828 g/mol. The van der Waals surface area contributed by atoms with E-state index in [1.165, 1.54) is 10.4 Å². The minimum atomic E-state index is -3.94. The summed E-state index contributed by atoms with van der Waals surface area (Å²) >= 11 is 7.76. The Morgan fingerprint density at radius 2 is 1.89 bits per heavy atom. The first-order valence-corrected chi connectivity index (χ1v) is 20.9. The van der Waals surface area contributed by atoms with Gasteiger partial charge in [0.2, 0.25) is 0 Å². The van der Waals surface area contributed by atoms with E-state index in [-0.39, 0.29) is 39.7 Å². The SMILES string of the molecule is CCOc1ccccc1CN(CCCn1ccnc1)C(=O)Nc1cc(Cl)c(OC(F)F)c(C2CC2C(C)N(Cc2ccc(OC)cc2)S(=O)(=O)c2cccs2)c1. The molecule has 3 atom stereocenters. The fourth-order valence-corrected chi connectivity index (χ4v) is 9.89. The van der Waals surface area contributed by atoms with Gasteiger partial charge in [-0.1, -0.05) is 48.0 Å². The van der Waals surface area contributed by atoms with Gasteiger partial charge in [0.15, 0.2) is 0 Å². The molecule has 0 bridgehead atoms. The average Bonchev–Trinajstić information content (AvgIpc) is 3.49. The van der Waals surface area contributed by atoms with Crippen molar-refractivity contribution in [1.29, 1.82) is 0 Å². The molecule has 0 radical (unpaired) electrons. The van der Waals surface area contributed by atoms with Crippen molar-refractivity contribution in [3.05, 3.63) is 119 Å². The molecule has 1 N–H and O–H groups in total. The van der Waals surface area contributed by atoms with Crippen LogP contribution in [0.5, 0.6) is 17.2 Å². The molecule has 298 valence electrons. The first-order chi connectivity index (χ1) is 27.0. The summed E-state index contributed by atoms with van der Waals surface area (Å²) in [5, 5.41) is 4.54. The Morgan fingerprint density at radius 1 is 1.11 bits per heavy atom. The number of hydrogen-bond acceptors (Lipinski definition) is 8. The number of imidazole rings is 1. The van der Waals surface area contributed by atoms with Gasteiger partial charge in [-0.3, -0.25) is 0 Å². The number of nitrogens with one attached hydrogen (secondary N) is 1. The fourth-order valence-electron chi connectivity index (χ4n) is 6.83. The number of methoxy groups -OCH3 is 1. The number of hydrogen-bond donors (Lipinski definition) is 1. The number of rotatable bonds is 19. The molecule has 1 fully saturated rings. The van der Waals surface area contributed by atoms with Crippen molar-refractivity contribution in [3.8, 4) is 17.2 Å². The van der Waals surface area contributed by atoms with Crippen molar-refractivity contribution in [1.82, 2.24) is 18.8 Å². The molecule has 2 aromatic heterocycles. The molecular weight excluding hydrogens is 784 g/mol. The van der Waals surface area contributed by atoms with Crippen LogP contribution in [0.1, 0.15) is 49.3 Å². The zero-order valence-electron chi connectivity index (χ0n) is 31.2. The lowest BCUT2D eigenvalue weighted by Crippen LogP contribution is -2.39. The van der Waals surface area contributed by atoms with Crippen LogP contribution in [0, 0.1) is 5.92 Å². The first kappa shape index (κ1) is 40.9. The minimum Gasteiger partial charge on any atom is -0.497 e. The van der Waals surface area contributed by atoms with E-state index < -0.39 is 34.6 Å². The third-order valence-electron chi connectivity index (χ3n) is 9.72. The van der Waals surface area contributed by atoms with Crippen LogP contribution in [-0.4, -0.2) is 66.1 Å². The molecule has 3 unspecified atom stereocenters. The summed E-state index contributed by atoms with van der Waals surface area (Å²) in [6, 6.07) is 19.9. The highest BCUT2D eigenvalue weighted by molar-refractivity contribution is 7.91. The van der Waals surface area contributed by atoms with Gasteiger partial charge in [-0.15, -0.1) is 11.3 Å². The Balaban J connectivity index is 1.27. The van der Waals surface area contributed by atoms with Gasteiger partial charge >= 0.3 is 12.6 Å². The Bertz CT molecular complexity index is 2160. The van der Waals surface area contributed by atoms with Crippen LogP contribution in [-0.2, 0) is 29.7 Å². The lowest BCUT2D eigenvalue weighted by Gasteiger charge is -2.29. The lowest BCUT2D eigenvalue weighted by atomic mass is 10.0. The van der Waals surface area contributed by atoms with Crippen molar-refractivity contribution in [2.45, 2.75) is 69.1 Å². The topological polar surface area (TPSA) is 115 Å². The van der Waals surface area contributed by atoms with Crippen molar-refractivity contribution >= 4 is 44.7 Å². The van der Waals surface area contributed by atoms with Crippen LogP contribution in [0.4, 0.5) is 19.3 Å². The predicted molar refractivity (Wildman–Crippen MR) is 212 cm³/mol. The molecule has 2 heterocycles. The van der Waals surface area contributed by atoms with E-state index >= 15 is 0 Å². The Labute approximate surface area is 334 Å². The van der Waals surface area contributed by atoms with E-state index in [2.05, 4.69) is 10.3 Å². The number of anilines is 1. The molecule has 1 aliphatic carbocycles. The summed E-state index contributed by atoms with van der Waals surface area (Å²) in [7, 11) is -2.38. The minimum absolute atomic E-state index is 0.0783. The highest BCUT2D eigenvalue weighted by Crippen LogP contribution is 2.56. The van der Waals surface area contributed by atoms with Crippen molar-refractivity contribution in [2.75, 3.05) is 25.6 Å². The maximum Gasteiger partial charge on any atom is 0.387 e. The number of benzene rings is 3. The Kier molecular flexibility index (Phi) is 13.5.